The van der Waals surface area contributed by atoms with Crippen LogP contribution in [-0.2, 0) is 4.89 Å². The van der Waals surface area contributed by atoms with E-state index < -0.39 is 0 Å². The Morgan fingerprint density at radius 1 is 0.750 bits per heavy atom. The molecule has 1 N–H and O–H groups in total. The van der Waals surface area contributed by atoms with E-state index in [1.807, 2.05) is 0 Å². The van der Waals surface area contributed by atoms with Gasteiger partial charge in [0.15, 0.2) is 0 Å². The average Bonchev–Trinajstić information content (AvgIpc) is 2.25. The molecular weight excluding hydrogens is 200 g/mol. The lowest BCUT2D eigenvalue weighted by molar-refractivity contribution is -0.242. The van der Waals surface area contributed by atoms with E-state index in [9.17, 15) is 0 Å². The Kier molecular flexibility index (Phi) is 12.9. The third-order valence-electron chi connectivity index (χ3n) is 3.02. The van der Waals surface area contributed by atoms with Gasteiger partial charge in [-0.15, -0.1) is 0 Å². The first kappa shape index (κ1) is 15.9. The second kappa shape index (κ2) is 13.0. The fourth-order valence-corrected chi connectivity index (χ4v) is 1.96. The van der Waals surface area contributed by atoms with Crippen LogP contribution >= 0.6 is 0 Å². The van der Waals surface area contributed by atoms with E-state index in [1.165, 1.54) is 57.8 Å². The molecule has 0 radical (unpaired) electrons. The third kappa shape index (κ3) is 13.9. The summed E-state index contributed by atoms with van der Waals surface area (Å²) in [6, 6.07) is 0. The second-order valence-electron chi connectivity index (χ2n) is 5.20. The van der Waals surface area contributed by atoms with E-state index in [2.05, 4.69) is 18.7 Å². The number of hydrogen-bond donors (Lipinski definition) is 1. The molecule has 0 aliphatic carbocycles. The topological polar surface area (TPSA) is 29.5 Å². The van der Waals surface area contributed by atoms with E-state index in [1.54, 1.807) is 0 Å². The molecule has 0 fully saturated rings. The lowest BCUT2D eigenvalue weighted by Crippen LogP contribution is -1.89. The van der Waals surface area contributed by atoms with Gasteiger partial charge in [-0.2, -0.15) is 0 Å². The summed E-state index contributed by atoms with van der Waals surface area (Å²) in [6.07, 6.45) is 13.2. The molecule has 2 nitrogen and oxygen atoms in total. The summed E-state index contributed by atoms with van der Waals surface area (Å²) in [7, 11) is 0. The van der Waals surface area contributed by atoms with Gasteiger partial charge in [0.2, 0.25) is 0 Å². The van der Waals surface area contributed by atoms with E-state index in [-0.39, 0.29) is 0 Å². The van der Waals surface area contributed by atoms with Crippen LogP contribution in [0.5, 0.6) is 0 Å². The molecule has 2 heteroatoms. The first-order valence-electron chi connectivity index (χ1n) is 7.03. The number of unbranched alkanes of at least 4 members (excludes halogenated alkanes) is 8. The summed E-state index contributed by atoms with van der Waals surface area (Å²) >= 11 is 0. The quantitative estimate of drug-likeness (QED) is 0.289. The maximum absolute atomic E-state index is 8.13. The van der Waals surface area contributed by atoms with E-state index in [0.717, 1.165) is 12.3 Å². The van der Waals surface area contributed by atoms with Crippen molar-refractivity contribution < 1.29 is 10.1 Å². The first-order valence-corrected chi connectivity index (χ1v) is 7.03. The smallest absolute Gasteiger partial charge is 0.0819 e. The van der Waals surface area contributed by atoms with Crippen LogP contribution in [-0.4, -0.2) is 11.9 Å². The summed E-state index contributed by atoms with van der Waals surface area (Å²) < 4.78 is 0. The Morgan fingerprint density at radius 3 is 1.62 bits per heavy atom. The highest BCUT2D eigenvalue weighted by atomic mass is 17.1. The maximum atomic E-state index is 8.13. The zero-order chi connectivity index (χ0) is 12.1. The van der Waals surface area contributed by atoms with Crippen molar-refractivity contribution in [1.29, 1.82) is 0 Å². The van der Waals surface area contributed by atoms with Gasteiger partial charge < -0.3 is 0 Å². The highest BCUT2D eigenvalue weighted by molar-refractivity contribution is 4.49. The van der Waals surface area contributed by atoms with E-state index in [4.69, 9.17) is 5.26 Å². The Bertz CT molecular complexity index is 124. The first-order chi connectivity index (χ1) is 7.77. The summed E-state index contributed by atoms with van der Waals surface area (Å²) in [5.74, 6) is 0.869. The van der Waals surface area contributed by atoms with Crippen LogP contribution in [0.25, 0.3) is 0 Å². The van der Waals surface area contributed by atoms with Crippen LogP contribution in [0.4, 0.5) is 0 Å². The predicted octanol–water partition coefficient (Wildman–Crippen LogP) is 5.03. The fraction of sp³-hybridized carbons (Fsp3) is 1.00. The van der Waals surface area contributed by atoms with Crippen molar-refractivity contribution in [2.75, 3.05) is 6.61 Å². The normalized spacial score (nSPS) is 11.2. The highest BCUT2D eigenvalue weighted by Crippen LogP contribution is 2.12. The molecule has 0 heterocycles. The molecular formula is C14H30O2. The largest absolute Gasteiger partial charge is 0.252 e. The summed E-state index contributed by atoms with van der Waals surface area (Å²) in [5.41, 5.74) is 0. The second-order valence-corrected chi connectivity index (χ2v) is 5.20. The van der Waals surface area contributed by atoms with Gasteiger partial charge in [-0.3, -0.25) is 5.26 Å². The van der Waals surface area contributed by atoms with Gasteiger partial charge in [-0.1, -0.05) is 71.6 Å². The van der Waals surface area contributed by atoms with Crippen molar-refractivity contribution in [2.45, 2.75) is 78.1 Å². The van der Waals surface area contributed by atoms with E-state index >= 15 is 0 Å². The molecule has 0 bridgehead atoms. The van der Waals surface area contributed by atoms with E-state index in [0.29, 0.717) is 6.61 Å². The van der Waals surface area contributed by atoms with Crippen LogP contribution in [0.1, 0.15) is 78.1 Å². The molecule has 98 valence electrons. The number of hydrogen-bond acceptors (Lipinski definition) is 2. The minimum atomic E-state index is 0.495. The van der Waals surface area contributed by atoms with Crippen LogP contribution in [0.15, 0.2) is 0 Å². The van der Waals surface area contributed by atoms with Crippen molar-refractivity contribution in [1.82, 2.24) is 0 Å². The number of rotatable bonds is 12. The van der Waals surface area contributed by atoms with Gasteiger partial charge in [0.1, 0.15) is 0 Å². The molecule has 0 aliphatic rings. The van der Waals surface area contributed by atoms with Crippen LogP contribution in [0.3, 0.4) is 0 Å². The van der Waals surface area contributed by atoms with Crippen LogP contribution < -0.4 is 0 Å². The molecule has 16 heavy (non-hydrogen) atoms. The van der Waals surface area contributed by atoms with Gasteiger partial charge in [0, 0.05) is 0 Å². The molecule has 0 spiro atoms. The molecule has 0 aromatic rings. The lowest BCUT2D eigenvalue weighted by atomic mass is 10.0. The van der Waals surface area contributed by atoms with Crippen molar-refractivity contribution in [3.63, 3.8) is 0 Å². The minimum Gasteiger partial charge on any atom is -0.252 e. The summed E-state index contributed by atoms with van der Waals surface area (Å²) in [5, 5.41) is 8.13. The summed E-state index contributed by atoms with van der Waals surface area (Å²) in [6.45, 7) is 5.10. The Morgan fingerprint density at radius 2 is 1.19 bits per heavy atom. The highest BCUT2D eigenvalue weighted by Gasteiger charge is 1.95. The minimum absolute atomic E-state index is 0.495. The Labute approximate surface area is 101 Å². The molecule has 0 aromatic heterocycles. The molecule has 0 amide bonds. The molecule has 0 aliphatic heterocycles. The molecule has 0 aromatic carbocycles. The third-order valence-corrected chi connectivity index (χ3v) is 3.02. The Balaban J connectivity index is 2.88. The monoisotopic (exact) mass is 230 g/mol. The Hall–Kier alpha value is -0.0800. The van der Waals surface area contributed by atoms with Gasteiger partial charge in [0.05, 0.1) is 6.61 Å². The molecule has 0 atom stereocenters. The zero-order valence-electron chi connectivity index (χ0n) is 11.2. The van der Waals surface area contributed by atoms with Gasteiger partial charge in [-0.05, 0) is 12.3 Å². The predicted molar refractivity (Wildman–Crippen MR) is 69.6 cm³/mol. The zero-order valence-corrected chi connectivity index (χ0v) is 11.2. The van der Waals surface area contributed by atoms with Crippen LogP contribution in [0.2, 0.25) is 0 Å². The maximum Gasteiger partial charge on any atom is 0.0819 e. The molecule has 0 saturated carbocycles. The van der Waals surface area contributed by atoms with Crippen molar-refractivity contribution in [2.24, 2.45) is 5.92 Å². The van der Waals surface area contributed by atoms with Gasteiger partial charge >= 0.3 is 0 Å². The standard InChI is InChI=1S/C14H30O2/c1-14(2)12-10-8-6-4-3-5-7-9-11-13-16-15/h14-15H,3-13H2,1-2H3. The molecule has 0 saturated heterocycles. The SMILES string of the molecule is CC(C)CCCCCCCCCCCOO. The van der Waals surface area contributed by atoms with Gasteiger partial charge in [0.25, 0.3) is 0 Å². The van der Waals surface area contributed by atoms with Gasteiger partial charge in [-0.25, -0.2) is 4.89 Å². The van der Waals surface area contributed by atoms with Crippen molar-refractivity contribution >= 4 is 0 Å². The summed E-state index contributed by atoms with van der Waals surface area (Å²) in [4.78, 5) is 4.03. The lowest BCUT2D eigenvalue weighted by Gasteiger charge is -2.04. The van der Waals surface area contributed by atoms with Crippen LogP contribution in [0, 0.1) is 5.92 Å². The fourth-order valence-electron chi connectivity index (χ4n) is 1.96. The molecule has 0 unspecified atom stereocenters. The average molecular weight is 230 g/mol. The van der Waals surface area contributed by atoms with Crippen molar-refractivity contribution in [3.05, 3.63) is 0 Å². The van der Waals surface area contributed by atoms with Crippen molar-refractivity contribution in [3.8, 4) is 0 Å². The molecule has 0 rings (SSSR count).